The van der Waals surface area contributed by atoms with Crippen molar-refractivity contribution in [2.45, 2.75) is 71.6 Å². The molecule has 0 aliphatic carbocycles. The third-order valence-electron chi connectivity index (χ3n) is 2.73. The van der Waals surface area contributed by atoms with Gasteiger partial charge in [0.25, 0.3) is 0 Å². The molecular weight excluding hydrogens is 272 g/mol. The number of ether oxygens (including phenoxy) is 2. The second-order valence-electron chi connectivity index (χ2n) is 6.01. The number of carbonyl (C=O) groups excluding carboxylic acids is 2. The predicted molar refractivity (Wildman–Crippen MR) is 81.8 cm³/mol. The maximum atomic E-state index is 11.9. The van der Waals surface area contributed by atoms with Gasteiger partial charge in [0.05, 0.1) is 6.61 Å². The van der Waals surface area contributed by atoms with Crippen molar-refractivity contribution in [2.24, 2.45) is 5.73 Å². The molecule has 0 radical (unpaired) electrons. The lowest BCUT2D eigenvalue weighted by molar-refractivity contribution is -0.157. The molecule has 0 saturated carbocycles. The van der Waals surface area contributed by atoms with Gasteiger partial charge in [0, 0.05) is 0 Å². The molecule has 21 heavy (non-hydrogen) atoms. The van der Waals surface area contributed by atoms with Gasteiger partial charge in [-0.25, -0.2) is 0 Å². The fourth-order valence-electron chi connectivity index (χ4n) is 1.76. The quantitative estimate of drug-likeness (QED) is 0.494. The van der Waals surface area contributed by atoms with Crippen LogP contribution in [0.3, 0.4) is 0 Å². The van der Waals surface area contributed by atoms with Crippen LogP contribution in [0.15, 0.2) is 0 Å². The van der Waals surface area contributed by atoms with E-state index in [2.05, 4.69) is 5.32 Å². The second-order valence-corrected chi connectivity index (χ2v) is 6.01. The molecule has 0 amide bonds. The Hall–Kier alpha value is -1.14. The van der Waals surface area contributed by atoms with Crippen molar-refractivity contribution >= 4 is 11.9 Å². The average Bonchev–Trinajstić information content (AvgIpc) is 2.35. The Morgan fingerprint density at radius 1 is 1.19 bits per heavy atom. The van der Waals surface area contributed by atoms with Crippen LogP contribution in [0, 0.1) is 0 Å². The molecule has 2 atom stereocenters. The first kappa shape index (κ1) is 19.9. The van der Waals surface area contributed by atoms with Gasteiger partial charge in [0.15, 0.2) is 0 Å². The first-order valence-electron chi connectivity index (χ1n) is 7.56. The topological polar surface area (TPSA) is 90.6 Å². The second kappa shape index (κ2) is 9.73. The van der Waals surface area contributed by atoms with Crippen molar-refractivity contribution in [1.82, 2.24) is 5.32 Å². The van der Waals surface area contributed by atoms with E-state index in [1.54, 1.807) is 13.8 Å². The minimum Gasteiger partial charge on any atom is -0.465 e. The van der Waals surface area contributed by atoms with Crippen LogP contribution in [-0.4, -0.2) is 42.8 Å². The Morgan fingerprint density at radius 2 is 1.81 bits per heavy atom. The van der Waals surface area contributed by atoms with E-state index in [4.69, 9.17) is 15.2 Å². The van der Waals surface area contributed by atoms with Gasteiger partial charge in [0.1, 0.15) is 17.7 Å². The molecule has 0 aliphatic heterocycles. The summed E-state index contributed by atoms with van der Waals surface area (Å²) >= 11 is 0. The summed E-state index contributed by atoms with van der Waals surface area (Å²) in [5.74, 6) is -0.722. The fraction of sp³-hybridized carbons (Fsp3) is 0.867. The Kier molecular flexibility index (Phi) is 9.21. The Labute approximate surface area is 127 Å². The van der Waals surface area contributed by atoms with Crippen molar-refractivity contribution in [3.63, 3.8) is 0 Å². The molecule has 0 aromatic carbocycles. The standard InChI is InChI=1S/C15H30N2O4/c1-6-20-14(19)12(9-7-8-10-16)17-11(2)13(18)21-15(3,4)5/h11-12,17H,6-10,16H2,1-5H3/t11-,12?/m0/s1. The largest absolute Gasteiger partial charge is 0.465 e. The molecule has 6 nitrogen and oxygen atoms in total. The fourth-order valence-corrected chi connectivity index (χ4v) is 1.76. The predicted octanol–water partition coefficient (Wildman–Crippen LogP) is 1.37. The van der Waals surface area contributed by atoms with Gasteiger partial charge < -0.3 is 15.2 Å². The number of carbonyl (C=O) groups is 2. The van der Waals surface area contributed by atoms with E-state index >= 15 is 0 Å². The highest BCUT2D eigenvalue weighted by Gasteiger charge is 2.27. The summed E-state index contributed by atoms with van der Waals surface area (Å²) in [5, 5.41) is 2.99. The minimum absolute atomic E-state index is 0.314. The summed E-state index contributed by atoms with van der Waals surface area (Å²) in [5.41, 5.74) is 4.91. The minimum atomic E-state index is -0.573. The van der Waals surface area contributed by atoms with Crippen molar-refractivity contribution in [2.75, 3.05) is 13.2 Å². The number of nitrogens with two attached hydrogens (primary N) is 1. The number of rotatable bonds is 9. The zero-order valence-corrected chi connectivity index (χ0v) is 13.9. The highest BCUT2D eigenvalue weighted by molar-refractivity contribution is 5.79. The number of esters is 2. The number of hydrogen-bond acceptors (Lipinski definition) is 6. The molecular formula is C15H30N2O4. The molecule has 1 unspecified atom stereocenters. The summed E-state index contributed by atoms with van der Waals surface area (Å²) in [6, 6.07) is -1.09. The maximum absolute atomic E-state index is 11.9. The van der Waals surface area contributed by atoms with Crippen LogP contribution in [0.1, 0.15) is 53.9 Å². The van der Waals surface area contributed by atoms with E-state index < -0.39 is 17.7 Å². The van der Waals surface area contributed by atoms with E-state index in [-0.39, 0.29) is 11.9 Å². The zero-order chi connectivity index (χ0) is 16.5. The first-order chi connectivity index (χ1) is 9.71. The number of unbranched alkanes of at least 4 members (excludes halogenated alkanes) is 1. The molecule has 3 N–H and O–H groups in total. The summed E-state index contributed by atoms with van der Waals surface area (Å²) in [4.78, 5) is 23.9. The van der Waals surface area contributed by atoms with Crippen LogP contribution >= 0.6 is 0 Å². The average molecular weight is 302 g/mol. The molecule has 0 aliphatic rings. The molecule has 124 valence electrons. The molecule has 0 spiro atoms. The van der Waals surface area contributed by atoms with Gasteiger partial charge in [-0.3, -0.25) is 14.9 Å². The van der Waals surface area contributed by atoms with Gasteiger partial charge >= 0.3 is 11.9 Å². The Bertz CT molecular complexity index is 326. The SMILES string of the molecule is CCOC(=O)C(CCCCN)N[C@@H](C)C(=O)OC(C)(C)C. The van der Waals surface area contributed by atoms with Gasteiger partial charge in [-0.2, -0.15) is 0 Å². The highest BCUT2D eigenvalue weighted by Crippen LogP contribution is 2.10. The molecule has 0 rings (SSSR count). The molecule has 6 heteroatoms. The Morgan fingerprint density at radius 3 is 2.29 bits per heavy atom. The lowest BCUT2D eigenvalue weighted by Gasteiger charge is -2.25. The number of nitrogens with one attached hydrogen (secondary N) is 1. The molecule has 0 aromatic heterocycles. The highest BCUT2D eigenvalue weighted by atomic mass is 16.6. The molecule has 0 saturated heterocycles. The smallest absolute Gasteiger partial charge is 0.323 e. The van der Waals surface area contributed by atoms with Gasteiger partial charge in [0.2, 0.25) is 0 Å². The molecule has 0 fully saturated rings. The molecule has 0 aromatic rings. The van der Waals surface area contributed by atoms with Crippen molar-refractivity contribution < 1.29 is 19.1 Å². The molecule has 0 bridgehead atoms. The lowest BCUT2D eigenvalue weighted by atomic mass is 10.1. The van der Waals surface area contributed by atoms with Crippen molar-refractivity contribution in [3.8, 4) is 0 Å². The van der Waals surface area contributed by atoms with Crippen LogP contribution in [0.2, 0.25) is 0 Å². The maximum Gasteiger partial charge on any atom is 0.323 e. The monoisotopic (exact) mass is 302 g/mol. The number of hydrogen-bond donors (Lipinski definition) is 2. The van der Waals surface area contributed by atoms with Crippen LogP contribution < -0.4 is 11.1 Å². The van der Waals surface area contributed by atoms with E-state index in [9.17, 15) is 9.59 Å². The van der Waals surface area contributed by atoms with E-state index in [1.807, 2.05) is 20.8 Å². The molecule has 0 heterocycles. The normalized spacial score (nSPS) is 14.4. The van der Waals surface area contributed by atoms with Crippen molar-refractivity contribution in [3.05, 3.63) is 0 Å². The first-order valence-corrected chi connectivity index (χ1v) is 7.56. The zero-order valence-electron chi connectivity index (χ0n) is 13.9. The summed E-state index contributed by atoms with van der Waals surface area (Å²) in [6.07, 6.45) is 2.22. The van der Waals surface area contributed by atoms with E-state index in [1.165, 1.54) is 0 Å². The summed E-state index contributed by atoms with van der Waals surface area (Å²) in [6.45, 7) is 9.76. The van der Waals surface area contributed by atoms with Gasteiger partial charge in [-0.05, 0) is 54.0 Å². The van der Waals surface area contributed by atoms with Crippen LogP contribution in [0.5, 0.6) is 0 Å². The van der Waals surface area contributed by atoms with Crippen LogP contribution in [0.4, 0.5) is 0 Å². The third kappa shape index (κ3) is 9.42. The third-order valence-corrected chi connectivity index (χ3v) is 2.73. The summed E-state index contributed by atoms with van der Waals surface area (Å²) < 4.78 is 10.3. The summed E-state index contributed by atoms with van der Waals surface area (Å²) in [7, 11) is 0. The van der Waals surface area contributed by atoms with E-state index in [0.29, 0.717) is 19.6 Å². The van der Waals surface area contributed by atoms with Crippen LogP contribution in [-0.2, 0) is 19.1 Å². The van der Waals surface area contributed by atoms with E-state index in [0.717, 1.165) is 12.8 Å². The Balaban J connectivity index is 4.55. The van der Waals surface area contributed by atoms with Crippen LogP contribution in [0.25, 0.3) is 0 Å². The lowest BCUT2D eigenvalue weighted by Crippen LogP contribution is -2.48. The van der Waals surface area contributed by atoms with Gasteiger partial charge in [-0.15, -0.1) is 0 Å². The van der Waals surface area contributed by atoms with Gasteiger partial charge in [-0.1, -0.05) is 6.42 Å². The van der Waals surface area contributed by atoms with Crippen molar-refractivity contribution in [1.29, 1.82) is 0 Å².